The van der Waals surface area contributed by atoms with Gasteiger partial charge in [0, 0.05) is 30.0 Å². The van der Waals surface area contributed by atoms with E-state index >= 15 is 0 Å². The topological polar surface area (TPSA) is 34.1 Å². The maximum atomic E-state index is 6.40. The molecule has 3 aliphatic rings. The maximum Gasteiger partial charge on any atom is 0.0691 e. The summed E-state index contributed by atoms with van der Waals surface area (Å²) in [6.45, 7) is 1.93. The molecular formula is C26H34N2O. The van der Waals surface area contributed by atoms with Crippen LogP contribution in [0.5, 0.6) is 0 Å². The van der Waals surface area contributed by atoms with Crippen LogP contribution in [0.4, 0.5) is 0 Å². The van der Waals surface area contributed by atoms with Crippen LogP contribution in [0.15, 0.2) is 48.7 Å². The van der Waals surface area contributed by atoms with Gasteiger partial charge < -0.3 is 10.1 Å². The predicted octanol–water partition coefficient (Wildman–Crippen LogP) is 5.50. The van der Waals surface area contributed by atoms with E-state index in [1.54, 1.807) is 0 Å². The monoisotopic (exact) mass is 390 g/mol. The van der Waals surface area contributed by atoms with Crippen LogP contribution in [-0.4, -0.2) is 23.7 Å². The van der Waals surface area contributed by atoms with Crippen molar-refractivity contribution < 1.29 is 4.74 Å². The Bertz CT molecular complexity index is 814. The molecule has 29 heavy (non-hydrogen) atoms. The average Bonchev–Trinajstić information content (AvgIpc) is 3.22. The van der Waals surface area contributed by atoms with E-state index in [0.717, 1.165) is 32.4 Å². The molecule has 1 aliphatic heterocycles. The zero-order valence-corrected chi connectivity index (χ0v) is 17.5. The summed E-state index contributed by atoms with van der Waals surface area (Å²) in [5.74, 6) is 0. The number of hydrogen-bond donors (Lipinski definition) is 1. The van der Waals surface area contributed by atoms with Gasteiger partial charge in [-0.25, -0.2) is 0 Å². The molecular weight excluding hydrogens is 356 g/mol. The molecule has 3 nitrogen and oxygen atoms in total. The Kier molecular flexibility index (Phi) is 5.45. The first kappa shape index (κ1) is 19.3. The zero-order chi connectivity index (χ0) is 19.6. The van der Waals surface area contributed by atoms with Crippen LogP contribution in [-0.2, 0) is 16.6 Å². The minimum absolute atomic E-state index is 0.104. The van der Waals surface area contributed by atoms with E-state index in [2.05, 4.69) is 41.7 Å². The van der Waals surface area contributed by atoms with Gasteiger partial charge >= 0.3 is 0 Å². The number of aromatic nitrogens is 1. The molecule has 0 radical (unpaired) electrons. The highest BCUT2D eigenvalue weighted by Gasteiger charge is 2.48. The third-order valence-electron chi connectivity index (χ3n) is 7.74. The van der Waals surface area contributed by atoms with E-state index in [1.807, 2.05) is 12.3 Å². The number of rotatable bonds is 5. The van der Waals surface area contributed by atoms with Crippen molar-refractivity contribution in [3.8, 4) is 0 Å². The van der Waals surface area contributed by atoms with Crippen molar-refractivity contribution in [3.63, 3.8) is 0 Å². The van der Waals surface area contributed by atoms with Crippen molar-refractivity contribution in [1.29, 1.82) is 0 Å². The van der Waals surface area contributed by atoms with Gasteiger partial charge in [0.25, 0.3) is 0 Å². The number of benzene rings is 1. The minimum atomic E-state index is 0.104. The van der Waals surface area contributed by atoms with Gasteiger partial charge in [-0.3, -0.25) is 4.98 Å². The lowest BCUT2D eigenvalue weighted by Crippen LogP contribution is -2.47. The van der Waals surface area contributed by atoms with Crippen LogP contribution in [0.3, 0.4) is 0 Å². The number of nitrogens with one attached hydrogen (secondary N) is 1. The molecule has 2 aliphatic carbocycles. The van der Waals surface area contributed by atoms with Crippen LogP contribution in [0.1, 0.15) is 80.7 Å². The Labute approximate surface area is 175 Å². The fraction of sp³-hybridized carbons (Fsp3) is 0.577. The molecule has 0 bridgehead atoms. The summed E-state index contributed by atoms with van der Waals surface area (Å²) >= 11 is 0. The normalized spacial score (nSPS) is 28.3. The van der Waals surface area contributed by atoms with Gasteiger partial charge in [-0.1, -0.05) is 43.2 Å². The number of fused-ring (bicyclic) bond motifs is 1. The van der Waals surface area contributed by atoms with Crippen LogP contribution >= 0.6 is 0 Å². The predicted molar refractivity (Wildman–Crippen MR) is 117 cm³/mol. The third-order valence-corrected chi connectivity index (χ3v) is 7.74. The van der Waals surface area contributed by atoms with E-state index < -0.39 is 0 Å². The summed E-state index contributed by atoms with van der Waals surface area (Å²) in [6, 6.07) is 16.0. The number of nitrogens with zero attached hydrogens (tertiary/aromatic N) is 1. The van der Waals surface area contributed by atoms with E-state index in [4.69, 9.17) is 9.72 Å². The largest absolute Gasteiger partial charge is 0.375 e. The molecule has 1 saturated carbocycles. The van der Waals surface area contributed by atoms with Gasteiger partial charge in [-0.05, 0) is 81.2 Å². The van der Waals surface area contributed by atoms with Crippen molar-refractivity contribution in [2.24, 2.45) is 0 Å². The molecule has 1 saturated heterocycles. The molecule has 2 aromatic rings. The summed E-state index contributed by atoms with van der Waals surface area (Å²) in [7, 11) is 0. The molecule has 0 amide bonds. The SMILES string of the molecule is c1ccc(C2(CCN[C@H]3CCCc4ccccc43)CCOC3(CCCC3)C2)nc1. The van der Waals surface area contributed by atoms with Crippen LogP contribution in [0.25, 0.3) is 0 Å². The van der Waals surface area contributed by atoms with Crippen LogP contribution < -0.4 is 5.32 Å². The summed E-state index contributed by atoms with van der Waals surface area (Å²) in [5, 5.41) is 3.93. The highest BCUT2D eigenvalue weighted by molar-refractivity contribution is 5.32. The van der Waals surface area contributed by atoms with E-state index in [9.17, 15) is 0 Å². The van der Waals surface area contributed by atoms with Crippen LogP contribution in [0, 0.1) is 0 Å². The second-order valence-electron chi connectivity index (χ2n) is 9.51. The molecule has 1 spiro atoms. The standard InChI is InChI=1S/C26H34N2O/c1-2-10-22-21(8-1)9-7-11-23(22)27-18-15-25(24-12-3-6-17-28-24)16-19-29-26(20-25)13-4-5-14-26/h1-3,6,8,10,12,17,23,27H,4-5,7,9,11,13-16,18-20H2/t23-,25?/m0/s1. The smallest absolute Gasteiger partial charge is 0.0691 e. The Morgan fingerprint density at radius 2 is 1.86 bits per heavy atom. The Morgan fingerprint density at radius 1 is 1.00 bits per heavy atom. The molecule has 2 atom stereocenters. The fourth-order valence-electron chi connectivity index (χ4n) is 6.25. The lowest BCUT2D eigenvalue weighted by Gasteiger charge is -2.46. The van der Waals surface area contributed by atoms with Crippen molar-refractivity contribution in [1.82, 2.24) is 10.3 Å². The van der Waals surface area contributed by atoms with Gasteiger partial charge in [0.15, 0.2) is 0 Å². The third kappa shape index (κ3) is 3.87. The second kappa shape index (κ2) is 8.20. The molecule has 5 rings (SSSR count). The molecule has 154 valence electrons. The number of hydrogen-bond acceptors (Lipinski definition) is 3. The average molecular weight is 391 g/mol. The van der Waals surface area contributed by atoms with E-state index in [1.165, 1.54) is 61.8 Å². The lowest BCUT2D eigenvalue weighted by atomic mass is 9.68. The number of pyridine rings is 1. The highest BCUT2D eigenvalue weighted by Crippen LogP contribution is 2.49. The van der Waals surface area contributed by atoms with Gasteiger partial charge in [0.1, 0.15) is 0 Å². The molecule has 2 fully saturated rings. The number of aryl methyl sites for hydroxylation is 1. The molecule has 1 N–H and O–H groups in total. The highest BCUT2D eigenvalue weighted by atomic mass is 16.5. The Morgan fingerprint density at radius 3 is 2.72 bits per heavy atom. The lowest BCUT2D eigenvalue weighted by molar-refractivity contribution is -0.104. The molecule has 1 aromatic heterocycles. The summed E-state index contributed by atoms with van der Waals surface area (Å²) in [4.78, 5) is 4.85. The van der Waals surface area contributed by atoms with Gasteiger partial charge in [0.2, 0.25) is 0 Å². The maximum absolute atomic E-state index is 6.40. The quantitative estimate of drug-likeness (QED) is 0.732. The van der Waals surface area contributed by atoms with E-state index in [-0.39, 0.29) is 11.0 Å². The molecule has 3 heteroatoms. The molecule has 1 aromatic carbocycles. The second-order valence-corrected chi connectivity index (χ2v) is 9.51. The zero-order valence-electron chi connectivity index (χ0n) is 17.5. The Hall–Kier alpha value is -1.71. The first-order valence-electron chi connectivity index (χ1n) is 11.7. The number of ether oxygens (including phenoxy) is 1. The summed E-state index contributed by atoms with van der Waals surface area (Å²) in [5.41, 5.74) is 4.58. The van der Waals surface area contributed by atoms with Gasteiger partial charge in [-0.2, -0.15) is 0 Å². The van der Waals surface area contributed by atoms with Crippen molar-refractivity contribution >= 4 is 0 Å². The van der Waals surface area contributed by atoms with Crippen molar-refractivity contribution in [2.75, 3.05) is 13.2 Å². The first-order valence-corrected chi connectivity index (χ1v) is 11.7. The Balaban J connectivity index is 1.34. The summed E-state index contributed by atoms with van der Waals surface area (Å²) < 4.78 is 6.40. The van der Waals surface area contributed by atoms with Gasteiger partial charge in [0.05, 0.1) is 5.60 Å². The van der Waals surface area contributed by atoms with Crippen LogP contribution in [0.2, 0.25) is 0 Å². The minimum Gasteiger partial charge on any atom is -0.375 e. The van der Waals surface area contributed by atoms with Crippen molar-refractivity contribution in [2.45, 2.75) is 81.3 Å². The fourth-order valence-corrected chi connectivity index (χ4v) is 6.25. The summed E-state index contributed by atoms with van der Waals surface area (Å²) in [6.07, 6.45) is 14.2. The van der Waals surface area contributed by atoms with Crippen molar-refractivity contribution in [3.05, 3.63) is 65.5 Å². The van der Waals surface area contributed by atoms with Gasteiger partial charge in [-0.15, -0.1) is 0 Å². The first-order chi connectivity index (χ1) is 14.3. The molecule has 2 heterocycles. The van der Waals surface area contributed by atoms with E-state index in [0.29, 0.717) is 6.04 Å². The molecule has 1 unspecified atom stereocenters.